The quantitative estimate of drug-likeness (QED) is 0.866. The minimum Gasteiger partial charge on any atom is -0.354 e. The van der Waals surface area contributed by atoms with Crippen LogP contribution in [0.5, 0.6) is 0 Å². The first-order valence-electron chi connectivity index (χ1n) is 5.60. The zero-order valence-corrected chi connectivity index (χ0v) is 11.4. The third-order valence-corrected chi connectivity index (χ3v) is 2.61. The average Bonchev–Trinajstić information content (AvgIpc) is 2.25. The summed E-state index contributed by atoms with van der Waals surface area (Å²) in [4.78, 5) is 11.3. The van der Waals surface area contributed by atoms with Crippen molar-refractivity contribution in [1.82, 2.24) is 5.32 Å². The number of hydrogen-bond donors (Lipinski definition) is 2. The molecule has 0 spiro atoms. The first-order valence-corrected chi connectivity index (χ1v) is 5.60. The van der Waals surface area contributed by atoms with Crippen LogP contribution in [0.15, 0.2) is 24.3 Å². The Hall–Kier alpha value is -1.06. The zero-order chi connectivity index (χ0) is 12.1. The lowest BCUT2D eigenvalue weighted by molar-refractivity contribution is -0.122. The molecule has 0 fully saturated rings. The molecule has 96 valence electrons. The molecular weight excluding hydrogens is 236 g/mol. The number of aryl methyl sites for hydroxylation is 1. The number of nitrogens with one attached hydrogen (secondary N) is 1. The fraction of sp³-hybridized carbons (Fsp3) is 0.462. The summed E-state index contributed by atoms with van der Waals surface area (Å²) >= 11 is 0. The van der Waals surface area contributed by atoms with E-state index in [0.29, 0.717) is 12.5 Å². The number of amides is 1. The molecule has 1 amide bonds. The molecule has 0 bridgehead atoms. The molecule has 1 unspecified atom stereocenters. The van der Waals surface area contributed by atoms with Gasteiger partial charge in [-0.1, -0.05) is 36.8 Å². The van der Waals surface area contributed by atoms with E-state index in [4.69, 9.17) is 5.73 Å². The molecule has 4 heteroatoms. The van der Waals surface area contributed by atoms with Crippen LogP contribution in [-0.4, -0.2) is 18.5 Å². The SMILES string of the molecule is Cc1cccc(C(C)CNC(=O)[C@@H](C)N)c1.Cl. The molecule has 0 heterocycles. The predicted octanol–water partition coefficient (Wildman–Crippen LogP) is 1.98. The first-order chi connectivity index (χ1) is 7.50. The van der Waals surface area contributed by atoms with Gasteiger partial charge in [0.2, 0.25) is 5.91 Å². The molecule has 0 aliphatic heterocycles. The van der Waals surface area contributed by atoms with Gasteiger partial charge in [-0.3, -0.25) is 4.79 Å². The minimum atomic E-state index is -0.440. The van der Waals surface area contributed by atoms with E-state index >= 15 is 0 Å². The second-order valence-corrected chi connectivity index (χ2v) is 4.35. The highest BCUT2D eigenvalue weighted by Gasteiger charge is 2.10. The second-order valence-electron chi connectivity index (χ2n) is 4.35. The highest BCUT2D eigenvalue weighted by molar-refractivity contribution is 5.85. The highest BCUT2D eigenvalue weighted by Crippen LogP contribution is 2.15. The Labute approximate surface area is 109 Å². The van der Waals surface area contributed by atoms with E-state index in [1.165, 1.54) is 11.1 Å². The summed E-state index contributed by atoms with van der Waals surface area (Å²) < 4.78 is 0. The van der Waals surface area contributed by atoms with Crippen molar-refractivity contribution in [3.63, 3.8) is 0 Å². The molecule has 0 radical (unpaired) electrons. The van der Waals surface area contributed by atoms with Crippen LogP contribution in [0.1, 0.15) is 30.9 Å². The van der Waals surface area contributed by atoms with Crippen LogP contribution in [0, 0.1) is 6.92 Å². The van der Waals surface area contributed by atoms with E-state index in [9.17, 15) is 4.79 Å². The lowest BCUT2D eigenvalue weighted by Crippen LogP contribution is -2.39. The normalized spacial score (nSPS) is 13.4. The number of carbonyl (C=O) groups is 1. The molecule has 0 saturated heterocycles. The molecule has 3 N–H and O–H groups in total. The van der Waals surface area contributed by atoms with E-state index in [1.54, 1.807) is 6.92 Å². The van der Waals surface area contributed by atoms with Crippen molar-refractivity contribution in [3.05, 3.63) is 35.4 Å². The van der Waals surface area contributed by atoms with Crippen LogP contribution in [0.4, 0.5) is 0 Å². The van der Waals surface area contributed by atoms with E-state index in [0.717, 1.165) is 0 Å². The van der Waals surface area contributed by atoms with Crippen LogP contribution in [0.2, 0.25) is 0 Å². The van der Waals surface area contributed by atoms with Gasteiger partial charge in [0.15, 0.2) is 0 Å². The maximum absolute atomic E-state index is 11.3. The van der Waals surface area contributed by atoms with Crippen LogP contribution in [0.25, 0.3) is 0 Å². The number of benzene rings is 1. The van der Waals surface area contributed by atoms with Crippen molar-refractivity contribution in [3.8, 4) is 0 Å². The molecular formula is C13H21ClN2O. The Morgan fingerprint density at radius 2 is 2.06 bits per heavy atom. The van der Waals surface area contributed by atoms with Crippen molar-refractivity contribution in [2.75, 3.05) is 6.54 Å². The van der Waals surface area contributed by atoms with Gasteiger partial charge in [0, 0.05) is 6.54 Å². The second kappa shape index (κ2) is 7.30. The monoisotopic (exact) mass is 256 g/mol. The van der Waals surface area contributed by atoms with E-state index in [-0.39, 0.29) is 18.3 Å². The Kier molecular flexibility index (Phi) is 6.85. The highest BCUT2D eigenvalue weighted by atomic mass is 35.5. The van der Waals surface area contributed by atoms with Crippen LogP contribution in [0.3, 0.4) is 0 Å². The third-order valence-electron chi connectivity index (χ3n) is 2.61. The predicted molar refractivity (Wildman–Crippen MR) is 73.5 cm³/mol. The molecule has 0 saturated carbocycles. The largest absolute Gasteiger partial charge is 0.354 e. The summed E-state index contributed by atoms with van der Waals surface area (Å²) in [5.74, 6) is 0.210. The van der Waals surface area contributed by atoms with Gasteiger partial charge in [0.1, 0.15) is 0 Å². The van der Waals surface area contributed by atoms with Crippen molar-refractivity contribution in [2.24, 2.45) is 5.73 Å². The van der Waals surface area contributed by atoms with Crippen molar-refractivity contribution < 1.29 is 4.79 Å². The molecule has 3 nitrogen and oxygen atoms in total. The number of nitrogens with two attached hydrogens (primary N) is 1. The number of halogens is 1. The van der Waals surface area contributed by atoms with Gasteiger partial charge in [-0.05, 0) is 25.3 Å². The lowest BCUT2D eigenvalue weighted by Gasteiger charge is -2.14. The maximum Gasteiger partial charge on any atom is 0.236 e. The summed E-state index contributed by atoms with van der Waals surface area (Å²) in [6, 6.07) is 7.88. The molecule has 1 aromatic rings. The molecule has 1 aromatic carbocycles. The van der Waals surface area contributed by atoms with Crippen molar-refractivity contribution in [1.29, 1.82) is 0 Å². The molecule has 0 aliphatic rings. The van der Waals surface area contributed by atoms with Crippen molar-refractivity contribution in [2.45, 2.75) is 32.7 Å². The fourth-order valence-electron chi connectivity index (χ4n) is 1.51. The smallest absolute Gasteiger partial charge is 0.236 e. The van der Waals surface area contributed by atoms with E-state index in [2.05, 4.69) is 37.4 Å². The molecule has 17 heavy (non-hydrogen) atoms. The molecule has 0 aromatic heterocycles. The Bertz CT molecular complexity index is 366. The first kappa shape index (κ1) is 15.9. The fourth-order valence-corrected chi connectivity index (χ4v) is 1.51. The Morgan fingerprint density at radius 1 is 1.41 bits per heavy atom. The summed E-state index contributed by atoms with van der Waals surface area (Å²) in [6.07, 6.45) is 0. The number of rotatable bonds is 4. The topological polar surface area (TPSA) is 55.1 Å². The summed E-state index contributed by atoms with van der Waals surface area (Å²) in [5.41, 5.74) is 7.95. The van der Waals surface area contributed by atoms with Crippen molar-refractivity contribution >= 4 is 18.3 Å². The molecule has 1 rings (SSSR count). The van der Waals surface area contributed by atoms with Gasteiger partial charge in [0.25, 0.3) is 0 Å². The molecule has 2 atom stereocenters. The minimum absolute atomic E-state index is 0. The Balaban J connectivity index is 0.00000256. The average molecular weight is 257 g/mol. The zero-order valence-electron chi connectivity index (χ0n) is 10.6. The summed E-state index contributed by atoms with van der Waals surface area (Å²) in [6.45, 7) is 6.48. The Morgan fingerprint density at radius 3 is 2.59 bits per heavy atom. The summed E-state index contributed by atoms with van der Waals surface area (Å²) in [5, 5.41) is 2.84. The van der Waals surface area contributed by atoms with Gasteiger partial charge in [-0.15, -0.1) is 12.4 Å². The number of carbonyl (C=O) groups excluding carboxylic acids is 1. The van der Waals surface area contributed by atoms with Gasteiger partial charge in [-0.2, -0.15) is 0 Å². The summed E-state index contributed by atoms with van der Waals surface area (Å²) in [7, 11) is 0. The van der Waals surface area contributed by atoms with E-state index in [1.807, 2.05) is 6.07 Å². The van der Waals surface area contributed by atoms with Gasteiger partial charge in [-0.25, -0.2) is 0 Å². The van der Waals surface area contributed by atoms with E-state index < -0.39 is 6.04 Å². The molecule has 0 aliphatic carbocycles. The van der Waals surface area contributed by atoms with Gasteiger partial charge >= 0.3 is 0 Å². The standard InChI is InChI=1S/C13H20N2O.ClH/c1-9-5-4-6-12(7-9)10(2)8-15-13(16)11(3)14;/h4-7,10-11H,8,14H2,1-3H3,(H,15,16);1H/t10?,11-;/m1./s1. The van der Waals surface area contributed by atoms with Crippen LogP contribution in [-0.2, 0) is 4.79 Å². The third kappa shape index (κ3) is 5.20. The van der Waals surface area contributed by atoms with Crippen LogP contribution < -0.4 is 11.1 Å². The van der Waals surface area contributed by atoms with Crippen LogP contribution >= 0.6 is 12.4 Å². The number of hydrogen-bond acceptors (Lipinski definition) is 2. The van der Waals surface area contributed by atoms with Gasteiger partial charge in [0.05, 0.1) is 6.04 Å². The lowest BCUT2D eigenvalue weighted by atomic mass is 9.99. The maximum atomic E-state index is 11.3. The van der Waals surface area contributed by atoms with Gasteiger partial charge < -0.3 is 11.1 Å².